The fraction of sp³-hybridized carbons (Fsp3) is 0.312. The largest absolute Gasteiger partial charge is 0.497 e. The maximum atomic E-state index is 12.9. The highest BCUT2D eigenvalue weighted by Crippen LogP contribution is 2.27. The molecule has 1 heterocycles. The minimum atomic E-state index is -0.741. The Labute approximate surface area is 245 Å². The first-order valence-electron chi connectivity index (χ1n) is 13.9. The molecule has 0 bridgehead atoms. The summed E-state index contributed by atoms with van der Waals surface area (Å²) in [5.41, 5.74) is 3.28. The van der Waals surface area contributed by atoms with Crippen molar-refractivity contribution < 1.29 is 23.9 Å². The molecule has 1 aliphatic heterocycles. The Morgan fingerprint density at radius 2 is 1.76 bits per heavy atom. The average molecular weight is 572 g/mol. The van der Waals surface area contributed by atoms with Crippen LogP contribution in [0, 0.1) is 5.41 Å². The van der Waals surface area contributed by atoms with Crippen LogP contribution in [0.2, 0.25) is 0 Å². The molecule has 3 aromatic rings. The van der Waals surface area contributed by atoms with Crippen molar-refractivity contribution in [3.63, 3.8) is 0 Å². The Kier molecular flexibility index (Phi) is 10.7. The first-order chi connectivity index (χ1) is 20.3. The van der Waals surface area contributed by atoms with Gasteiger partial charge in [-0.15, -0.1) is 0 Å². The van der Waals surface area contributed by atoms with Crippen LogP contribution >= 0.6 is 0 Å². The van der Waals surface area contributed by atoms with Crippen LogP contribution in [0.4, 0.5) is 4.79 Å². The van der Waals surface area contributed by atoms with Gasteiger partial charge in [0.15, 0.2) is 0 Å². The van der Waals surface area contributed by atoms with E-state index in [0.717, 1.165) is 24.1 Å². The summed E-state index contributed by atoms with van der Waals surface area (Å²) in [6.07, 6.45) is 0.904. The summed E-state index contributed by atoms with van der Waals surface area (Å²) in [5.74, 6) is 0.375. The van der Waals surface area contributed by atoms with E-state index in [4.69, 9.17) is 14.9 Å². The van der Waals surface area contributed by atoms with Crippen LogP contribution in [-0.2, 0) is 27.5 Å². The van der Waals surface area contributed by atoms with E-state index in [1.54, 1.807) is 56.5 Å². The molecule has 3 aromatic carbocycles. The second-order valence-electron chi connectivity index (χ2n) is 10.2. The van der Waals surface area contributed by atoms with E-state index in [9.17, 15) is 14.4 Å². The third-order valence-electron chi connectivity index (χ3n) is 7.18. The van der Waals surface area contributed by atoms with Gasteiger partial charge in [0, 0.05) is 12.1 Å². The zero-order valence-corrected chi connectivity index (χ0v) is 23.8. The molecule has 0 saturated carbocycles. The molecule has 42 heavy (non-hydrogen) atoms. The molecular weight excluding hydrogens is 534 g/mol. The fourth-order valence-corrected chi connectivity index (χ4v) is 4.78. The molecule has 3 amide bonds. The molecule has 4 rings (SSSR count). The number of amidine groups is 1. The maximum Gasteiger partial charge on any atom is 0.413 e. The van der Waals surface area contributed by atoms with Gasteiger partial charge >= 0.3 is 6.09 Å². The van der Waals surface area contributed by atoms with Crippen molar-refractivity contribution in [2.75, 3.05) is 13.7 Å². The molecule has 10 nitrogen and oxygen atoms in total. The van der Waals surface area contributed by atoms with Crippen LogP contribution < -0.4 is 26.0 Å². The van der Waals surface area contributed by atoms with E-state index in [2.05, 4.69) is 33.4 Å². The molecule has 0 radical (unpaired) electrons. The van der Waals surface area contributed by atoms with Gasteiger partial charge in [-0.3, -0.25) is 20.3 Å². The maximum absolute atomic E-state index is 12.9. The standard InChI is InChI=1S/C32H37N5O5/c1-21(36-31(39)28-18-26(15-16-34-28)24-8-4-3-5-9-24)30(38)35-19-22-11-13-25(14-12-22)29(33)37-32(40)42-20-23-7-6-10-27(17-23)41-2/h3-14,17,21,26,28,34H,15-16,18-20H2,1-2H3,(H,35,38)(H,36,39)(H2,33,37,40)/t21-,26-,28?/m0/s1. The number of hydrogen-bond donors (Lipinski definition) is 5. The number of methoxy groups -OCH3 is 1. The number of hydrogen-bond acceptors (Lipinski definition) is 7. The Hall–Kier alpha value is -4.70. The number of carbonyl (C=O) groups excluding carboxylic acids is 3. The van der Waals surface area contributed by atoms with Gasteiger partial charge in [-0.05, 0) is 61.1 Å². The molecule has 1 unspecified atom stereocenters. The second-order valence-corrected chi connectivity index (χ2v) is 10.2. The Bertz CT molecular complexity index is 1380. The van der Waals surface area contributed by atoms with Gasteiger partial charge in [-0.25, -0.2) is 4.79 Å². The predicted molar refractivity (Wildman–Crippen MR) is 159 cm³/mol. The topological polar surface area (TPSA) is 142 Å². The van der Waals surface area contributed by atoms with Crippen LogP contribution in [0.1, 0.15) is 47.9 Å². The monoisotopic (exact) mass is 571 g/mol. The Balaban J connectivity index is 1.18. The van der Waals surface area contributed by atoms with Crippen LogP contribution in [0.25, 0.3) is 0 Å². The van der Waals surface area contributed by atoms with Crippen LogP contribution in [-0.4, -0.2) is 49.5 Å². The summed E-state index contributed by atoms with van der Waals surface area (Å²) in [5, 5.41) is 19.5. The lowest BCUT2D eigenvalue weighted by molar-refractivity contribution is -0.130. The number of benzene rings is 3. The number of piperidine rings is 1. The van der Waals surface area contributed by atoms with Gasteiger partial charge in [0.05, 0.1) is 13.2 Å². The van der Waals surface area contributed by atoms with E-state index >= 15 is 0 Å². The molecule has 3 atom stereocenters. The molecule has 0 spiro atoms. The molecular formula is C32H37N5O5. The van der Waals surface area contributed by atoms with Crippen LogP contribution in [0.3, 0.4) is 0 Å². The molecule has 0 aliphatic carbocycles. The number of rotatable bonds is 10. The number of nitrogens with one attached hydrogen (secondary N) is 5. The van der Waals surface area contributed by atoms with Crippen molar-refractivity contribution >= 4 is 23.7 Å². The van der Waals surface area contributed by atoms with Crippen LogP contribution in [0.15, 0.2) is 78.9 Å². The van der Waals surface area contributed by atoms with E-state index in [1.165, 1.54) is 5.56 Å². The van der Waals surface area contributed by atoms with E-state index in [0.29, 0.717) is 23.7 Å². The first kappa shape index (κ1) is 30.3. The average Bonchev–Trinajstić information content (AvgIpc) is 3.03. The number of alkyl carbamates (subject to hydrolysis) is 1. The van der Waals surface area contributed by atoms with Crippen molar-refractivity contribution in [2.45, 2.75) is 50.9 Å². The third-order valence-corrected chi connectivity index (χ3v) is 7.18. The van der Waals surface area contributed by atoms with Crippen molar-refractivity contribution in [1.29, 1.82) is 5.41 Å². The lowest BCUT2D eigenvalue weighted by Crippen LogP contribution is -2.53. The van der Waals surface area contributed by atoms with E-state index < -0.39 is 12.1 Å². The predicted octanol–water partition coefficient (Wildman–Crippen LogP) is 3.60. The molecule has 0 aromatic heterocycles. The zero-order valence-electron chi connectivity index (χ0n) is 23.8. The van der Waals surface area contributed by atoms with Crippen LogP contribution in [0.5, 0.6) is 5.75 Å². The normalized spacial score (nSPS) is 16.9. The molecule has 1 saturated heterocycles. The minimum Gasteiger partial charge on any atom is -0.497 e. The number of amides is 3. The summed E-state index contributed by atoms with van der Waals surface area (Å²) in [6, 6.07) is 23.2. The highest BCUT2D eigenvalue weighted by Gasteiger charge is 2.29. The first-order valence-corrected chi connectivity index (χ1v) is 13.9. The SMILES string of the molecule is COc1cccc(COC(=O)NC(=N)c2ccc(CNC(=O)[C@H](C)NC(=O)C3C[C@@H](c4ccccc4)CCN3)cc2)c1. The highest BCUT2D eigenvalue weighted by molar-refractivity contribution is 6.04. The van der Waals surface area contributed by atoms with Gasteiger partial charge in [0.25, 0.3) is 0 Å². The summed E-state index contributed by atoms with van der Waals surface area (Å²) >= 11 is 0. The Morgan fingerprint density at radius 3 is 2.50 bits per heavy atom. The third kappa shape index (κ3) is 8.65. The Morgan fingerprint density at radius 1 is 1.00 bits per heavy atom. The smallest absolute Gasteiger partial charge is 0.413 e. The summed E-state index contributed by atoms with van der Waals surface area (Å²) < 4.78 is 10.4. The molecule has 5 N–H and O–H groups in total. The summed E-state index contributed by atoms with van der Waals surface area (Å²) in [6.45, 7) is 2.69. The molecule has 1 aliphatic rings. The van der Waals surface area contributed by atoms with Gasteiger partial charge in [0.2, 0.25) is 11.8 Å². The van der Waals surface area contributed by atoms with Gasteiger partial charge < -0.3 is 25.4 Å². The van der Waals surface area contributed by atoms with Crippen molar-refractivity contribution in [3.8, 4) is 5.75 Å². The van der Waals surface area contributed by atoms with E-state index in [1.807, 2.05) is 24.3 Å². The summed E-state index contributed by atoms with van der Waals surface area (Å²) in [7, 11) is 1.56. The minimum absolute atomic E-state index is 0.0409. The number of ether oxygens (including phenoxy) is 2. The molecule has 1 fully saturated rings. The van der Waals surface area contributed by atoms with Gasteiger partial charge in [-0.2, -0.15) is 0 Å². The molecule has 220 valence electrons. The second kappa shape index (κ2) is 14.8. The lowest BCUT2D eigenvalue weighted by Gasteiger charge is -2.30. The quantitative estimate of drug-likeness (QED) is 0.186. The summed E-state index contributed by atoms with van der Waals surface area (Å²) in [4.78, 5) is 37.7. The van der Waals surface area contributed by atoms with Crippen molar-refractivity contribution in [1.82, 2.24) is 21.3 Å². The van der Waals surface area contributed by atoms with E-state index in [-0.39, 0.29) is 36.8 Å². The lowest BCUT2D eigenvalue weighted by atomic mass is 9.86. The highest BCUT2D eigenvalue weighted by atomic mass is 16.5. The molecule has 10 heteroatoms. The van der Waals surface area contributed by atoms with Crippen molar-refractivity contribution in [2.24, 2.45) is 0 Å². The zero-order chi connectivity index (χ0) is 29.9. The number of carbonyl (C=O) groups is 3. The fourth-order valence-electron chi connectivity index (χ4n) is 4.78. The van der Waals surface area contributed by atoms with Gasteiger partial charge in [-0.1, -0.05) is 66.7 Å². The van der Waals surface area contributed by atoms with Crippen molar-refractivity contribution in [3.05, 3.63) is 101 Å². The van der Waals surface area contributed by atoms with Gasteiger partial charge in [0.1, 0.15) is 24.2 Å².